The first-order valence-corrected chi connectivity index (χ1v) is 5.54. The van der Waals surface area contributed by atoms with E-state index < -0.39 is 6.03 Å². The second-order valence-corrected chi connectivity index (χ2v) is 3.96. The van der Waals surface area contributed by atoms with Gasteiger partial charge in [-0.1, -0.05) is 0 Å². The second-order valence-electron chi connectivity index (χ2n) is 3.96. The Hall–Kier alpha value is -2.83. The molecule has 0 radical (unpaired) electrons. The van der Waals surface area contributed by atoms with Crippen molar-refractivity contribution in [1.82, 2.24) is 10.2 Å². The summed E-state index contributed by atoms with van der Waals surface area (Å²) in [5.41, 5.74) is 6.83. The number of nitrogens with one attached hydrogen (secondary N) is 3. The summed E-state index contributed by atoms with van der Waals surface area (Å²) in [7, 11) is 0. The lowest BCUT2D eigenvalue weighted by molar-refractivity contribution is 0.102. The average molecular weight is 259 g/mol. The van der Waals surface area contributed by atoms with Gasteiger partial charge >= 0.3 is 6.03 Å². The second kappa shape index (κ2) is 5.21. The van der Waals surface area contributed by atoms with Crippen molar-refractivity contribution in [3.8, 4) is 0 Å². The van der Waals surface area contributed by atoms with Gasteiger partial charge in [-0.3, -0.25) is 9.89 Å². The van der Waals surface area contributed by atoms with Gasteiger partial charge < -0.3 is 16.4 Å². The van der Waals surface area contributed by atoms with E-state index in [1.165, 1.54) is 0 Å². The summed E-state index contributed by atoms with van der Waals surface area (Å²) in [5.74, 6) is 0.180. The highest BCUT2D eigenvalue weighted by Crippen LogP contribution is 2.11. The number of rotatable bonds is 3. The minimum Gasteiger partial charge on any atom is -0.351 e. The number of nitrogens with two attached hydrogens (primary N) is 1. The molecule has 0 unspecified atom stereocenters. The first-order valence-electron chi connectivity index (χ1n) is 5.54. The van der Waals surface area contributed by atoms with Crippen LogP contribution in [0.1, 0.15) is 16.1 Å². The Morgan fingerprint density at radius 1 is 1.21 bits per heavy atom. The van der Waals surface area contributed by atoms with Crippen molar-refractivity contribution < 1.29 is 9.59 Å². The minimum absolute atomic E-state index is 0.280. The molecule has 2 rings (SSSR count). The predicted molar refractivity (Wildman–Crippen MR) is 70.9 cm³/mol. The molecule has 0 aliphatic heterocycles. The van der Waals surface area contributed by atoms with Gasteiger partial charge in [-0.05, 0) is 31.2 Å². The first-order chi connectivity index (χ1) is 9.04. The number of benzene rings is 1. The van der Waals surface area contributed by atoms with Gasteiger partial charge in [0, 0.05) is 23.0 Å². The molecule has 0 bridgehead atoms. The molecule has 2 aromatic rings. The van der Waals surface area contributed by atoms with E-state index in [0.717, 1.165) is 5.69 Å². The number of nitrogens with zero attached hydrogens (tertiary/aromatic N) is 1. The summed E-state index contributed by atoms with van der Waals surface area (Å²) in [6.45, 7) is 1.84. The molecule has 1 aromatic carbocycles. The fourth-order valence-electron chi connectivity index (χ4n) is 1.52. The molecule has 1 heterocycles. The number of amides is 3. The molecule has 7 nitrogen and oxygen atoms in total. The van der Waals surface area contributed by atoms with Crippen LogP contribution in [0.25, 0.3) is 0 Å². The molecule has 7 heteroatoms. The number of primary amides is 1. The van der Waals surface area contributed by atoms with E-state index in [4.69, 9.17) is 5.73 Å². The van der Waals surface area contributed by atoms with Crippen molar-refractivity contribution in [2.24, 2.45) is 5.73 Å². The van der Waals surface area contributed by atoms with Crippen molar-refractivity contribution in [2.75, 3.05) is 10.6 Å². The van der Waals surface area contributed by atoms with Crippen molar-refractivity contribution in [3.05, 3.63) is 41.6 Å². The normalized spacial score (nSPS) is 9.95. The number of anilines is 2. The Bertz CT molecular complexity index is 603. The summed E-state index contributed by atoms with van der Waals surface area (Å²) >= 11 is 0. The quantitative estimate of drug-likeness (QED) is 0.669. The lowest BCUT2D eigenvalue weighted by Gasteiger charge is -2.04. The Balaban J connectivity index is 2.05. The van der Waals surface area contributed by atoms with Gasteiger partial charge in [-0.25, -0.2) is 4.79 Å². The number of H-pyrrole nitrogens is 1. The van der Waals surface area contributed by atoms with Crippen molar-refractivity contribution in [2.45, 2.75) is 6.92 Å². The van der Waals surface area contributed by atoms with Crippen LogP contribution in [0.4, 0.5) is 16.3 Å². The SMILES string of the molecule is Cc1cc(NC(=O)c2ccc(NC(N)=O)cc2)n[nH]1. The van der Waals surface area contributed by atoms with Gasteiger partial charge in [0.25, 0.3) is 5.91 Å². The molecule has 0 saturated carbocycles. The third kappa shape index (κ3) is 3.32. The van der Waals surface area contributed by atoms with Gasteiger partial charge in [0.2, 0.25) is 0 Å². The molecule has 3 amide bonds. The largest absolute Gasteiger partial charge is 0.351 e. The molecule has 0 aliphatic carbocycles. The van der Waals surface area contributed by atoms with Crippen molar-refractivity contribution >= 4 is 23.4 Å². The molecule has 1 aromatic heterocycles. The number of carbonyl (C=O) groups excluding carboxylic acids is 2. The highest BCUT2D eigenvalue weighted by atomic mass is 16.2. The van der Waals surface area contributed by atoms with Crippen LogP contribution in [-0.2, 0) is 0 Å². The molecular weight excluding hydrogens is 246 g/mol. The van der Waals surface area contributed by atoms with Crippen LogP contribution in [0.3, 0.4) is 0 Å². The van der Waals surface area contributed by atoms with Gasteiger partial charge in [-0.2, -0.15) is 5.10 Å². The summed E-state index contributed by atoms with van der Waals surface area (Å²) in [5, 5.41) is 11.7. The molecule has 0 saturated heterocycles. The van der Waals surface area contributed by atoms with Gasteiger partial charge in [0.1, 0.15) is 0 Å². The van der Waals surface area contributed by atoms with Crippen LogP contribution in [0.2, 0.25) is 0 Å². The number of aryl methyl sites for hydroxylation is 1. The molecule has 0 atom stereocenters. The van der Waals surface area contributed by atoms with Crippen LogP contribution >= 0.6 is 0 Å². The van der Waals surface area contributed by atoms with Crippen LogP contribution in [0, 0.1) is 6.92 Å². The Morgan fingerprint density at radius 2 is 1.89 bits per heavy atom. The summed E-state index contributed by atoms with van der Waals surface area (Å²) < 4.78 is 0. The fraction of sp³-hybridized carbons (Fsp3) is 0.0833. The van der Waals surface area contributed by atoms with E-state index in [2.05, 4.69) is 20.8 Å². The zero-order valence-corrected chi connectivity index (χ0v) is 10.2. The van der Waals surface area contributed by atoms with E-state index in [9.17, 15) is 9.59 Å². The Labute approximate surface area is 109 Å². The maximum atomic E-state index is 11.9. The third-order valence-electron chi connectivity index (χ3n) is 2.36. The standard InChI is InChI=1S/C12H13N5O2/c1-7-6-10(17-16-7)15-11(18)8-2-4-9(5-3-8)14-12(13)19/h2-6H,1H3,(H3,13,14,19)(H2,15,16,17,18). The molecule has 19 heavy (non-hydrogen) atoms. The Morgan fingerprint density at radius 3 is 2.42 bits per heavy atom. The zero-order chi connectivity index (χ0) is 13.8. The molecule has 98 valence electrons. The molecular formula is C12H13N5O2. The van der Waals surface area contributed by atoms with Crippen LogP contribution < -0.4 is 16.4 Å². The molecule has 0 spiro atoms. The van der Waals surface area contributed by atoms with Gasteiger partial charge in [-0.15, -0.1) is 0 Å². The van der Waals surface area contributed by atoms with Gasteiger partial charge in [0.15, 0.2) is 5.82 Å². The average Bonchev–Trinajstić information content (AvgIpc) is 2.75. The third-order valence-corrected chi connectivity index (χ3v) is 2.36. The monoisotopic (exact) mass is 259 g/mol. The smallest absolute Gasteiger partial charge is 0.316 e. The van der Waals surface area contributed by atoms with Crippen LogP contribution in [0.5, 0.6) is 0 Å². The lowest BCUT2D eigenvalue weighted by Crippen LogP contribution is -2.19. The fourth-order valence-corrected chi connectivity index (χ4v) is 1.52. The highest BCUT2D eigenvalue weighted by Gasteiger charge is 2.08. The topological polar surface area (TPSA) is 113 Å². The van der Waals surface area contributed by atoms with E-state index in [1.807, 2.05) is 6.92 Å². The zero-order valence-electron chi connectivity index (χ0n) is 10.2. The summed E-state index contributed by atoms with van der Waals surface area (Å²) in [4.78, 5) is 22.5. The van der Waals surface area contributed by atoms with Crippen molar-refractivity contribution in [1.29, 1.82) is 0 Å². The number of hydrogen-bond donors (Lipinski definition) is 4. The van der Waals surface area contributed by atoms with E-state index >= 15 is 0 Å². The van der Waals surface area contributed by atoms with Gasteiger partial charge in [0.05, 0.1) is 0 Å². The molecule has 0 aliphatic rings. The number of aromatic amines is 1. The molecule has 0 fully saturated rings. The van der Waals surface area contributed by atoms with E-state index in [1.54, 1.807) is 30.3 Å². The summed E-state index contributed by atoms with van der Waals surface area (Å²) in [6.07, 6.45) is 0. The van der Waals surface area contributed by atoms with E-state index in [-0.39, 0.29) is 5.91 Å². The number of hydrogen-bond acceptors (Lipinski definition) is 3. The Kier molecular flexibility index (Phi) is 3.46. The first kappa shape index (κ1) is 12.6. The van der Waals surface area contributed by atoms with Crippen LogP contribution in [-0.4, -0.2) is 22.1 Å². The number of carbonyl (C=O) groups is 2. The minimum atomic E-state index is -0.649. The van der Waals surface area contributed by atoms with E-state index in [0.29, 0.717) is 17.1 Å². The maximum absolute atomic E-state index is 11.9. The number of urea groups is 1. The predicted octanol–water partition coefficient (Wildman–Crippen LogP) is 1.46. The van der Waals surface area contributed by atoms with Crippen molar-refractivity contribution in [3.63, 3.8) is 0 Å². The summed E-state index contributed by atoms with van der Waals surface area (Å²) in [6, 6.07) is 7.43. The van der Waals surface area contributed by atoms with Crippen LogP contribution in [0.15, 0.2) is 30.3 Å². The highest BCUT2D eigenvalue weighted by molar-refractivity contribution is 6.04. The molecule has 5 N–H and O–H groups in total. The number of aromatic nitrogens is 2. The lowest BCUT2D eigenvalue weighted by atomic mass is 10.2. The maximum Gasteiger partial charge on any atom is 0.316 e.